The zero-order valence-corrected chi connectivity index (χ0v) is 21.1. The van der Waals surface area contributed by atoms with E-state index in [-0.39, 0.29) is 36.9 Å². The van der Waals surface area contributed by atoms with Crippen LogP contribution in [0.4, 0.5) is 23.7 Å². The van der Waals surface area contributed by atoms with Crippen LogP contribution in [0, 0.1) is 5.82 Å². The number of carbonyl (C=O) groups excluding carboxylic acids is 2. The van der Waals surface area contributed by atoms with Gasteiger partial charge in [0.1, 0.15) is 12.4 Å². The first kappa shape index (κ1) is 25.4. The number of benzene rings is 2. The van der Waals surface area contributed by atoms with E-state index in [9.17, 15) is 23.5 Å². The van der Waals surface area contributed by atoms with E-state index in [1.165, 1.54) is 30.3 Å². The fourth-order valence-corrected chi connectivity index (χ4v) is 5.14. The summed E-state index contributed by atoms with van der Waals surface area (Å²) in [6.45, 7) is 3.69. The Bertz CT molecular complexity index is 1510. The molecule has 3 aromatic rings. The van der Waals surface area contributed by atoms with E-state index >= 15 is 4.39 Å². The van der Waals surface area contributed by atoms with Gasteiger partial charge in [-0.1, -0.05) is 19.9 Å². The Balaban J connectivity index is 1.31. The highest BCUT2D eigenvalue weighted by Crippen LogP contribution is 2.52. The van der Waals surface area contributed by atoms with Crippen LogP contribution in [0.3, 0.4) is 0 Å². The second kappa shape index (κ2) is 8.54. The predicted octanol–water partition coefficient (Wildman–Crippen LogP) is 4.58. The quantitative estimate of drug-likeness (QED) is 0.418. The van der Waals surface area contributed by atoms with Crippen LogP contribution in [-0.4, -0.2) is 47.3 Å². The number of hydrogen-bond acceptors (Lipinski definition) is 7. The summed E-state index contributed by atoms with van der Waals surface area (Å²) in [7, 11) is 0. The van der Waals surface area contributed by atoms with Gasteiger partial charge in [-0.15, -0.1) is 8.78 Å². The number of aliphatic hydroxyl groups is 1. The molecule has 39 heavy (non-hydrogen) atoms. The minimum atomic E-state index is -3.77. The van der Waals surface area contributed by atoms with E-state index < -0.39 is 41.1 Å². The molecule has 2 N–H and O–H groups in total. The number of anilines is 1. The number of hydrogen-bond donors (Lipinski definition) is 2. The Morgan fingerprint density at radius 1 is 1.15 bits per heavy atom. The van der Waals surface area contributed by atoms with Crippen molar-refractivity contribution >= 4 is 28.7 Å². The first-order valence-electron chi connectivity index (χ1n) is 12.4. The number of cyclic esters (lactones) is 2. The average molecular weight is 546 g/mol. The van der Waals surface area contributed by atoms with Crippen LogP contribution in [0.15, 0.2) is 36.4 Å². The molecule has 0 bridgehead atoms. The normalized spacial score (nSPS) is 20.6. The van der Waals surface area contributed by atoms with E-state index in [1.54, 1.807) is 10.6 Å². The number of nitrogens with one attached hydrogen (secondary N) is 1. The summed E-state index contributed by atoms with van der Waals surface area (Å²) in [5.41, 5.74) is -0.138. The van der Waals surface area contributed by atoms with Gasteiger partial charge in [-0.3, -0.25) is 4.79 Å². The van der Waals surface area contributed by atoms with E-state index in [4.69, 9.17) is 9.47 Å². The lowest BCUT2D eigenvalue weighted by Gasteiger charge is -2.25. The zero-order chi connectivity index (χ0) is 27.7. The Morgan fingerprint density at radius 2 is 1.90 bits per heavy atom. The third-order valence-electron chi connectivity index (χ3n) is 7.50. The minimum Gasteiger partial charge on any atom is -0.430 e. The molecular formula is C27H25F3N2O7. The fraction of sp³-hybridized carbons (Fsp3) is 0.407. The van der Waals surface area contributed by atoms with Crippen LogP contribution in [0.1, 0.15) is 37.9 Å². The number of aromatic nitrogens is 1. The molecule has 1 saturated heterocycles. The van der Waals surface area contributed by atoms with Gasteiger partial charge in [-0.2, -0.15) is 0 Å². The maximum atomic E-state index is 15.4. The van der Waals surface area contributed by atoms with E-state index in [2.05, 4.69) is 14.8 Å². The van der Waals surface area contributed by atoms with Crippen molar-refractivity contribution < 1.29 is 46.8 Å². The highest BCUT2D eigenvalue weighted by Gasteiger charge is 2.53. The monoisotopic (exact) mass is 546 g/mol. The Morgan fingerprint density at radius 3 is 2.56 bits per heavy atom. The Kier molecular flexibility index (Phi) is 5.55. The van der Waals surface area contributed by atoms with Crippen molar-refractivity contribution in [1.82, 2.24) is 4.57 Å². The summed E-state index contributed by atoms with van der Waals surface area (Å²) < 4.78 is 63.1. The second-order valence-electron chi connectivity index (χ2n) is 10.7. The molecule has 0 spiro atoms. The number of fused-ring (bicyclic) bond motifs is 2. The molecule has 1 amide bonds. The molecule has 206 valence electrons. The predicted molar refractivity (Wildman–Crippen MR) is 130 cm³/mol. The highest BCUT2D eigenvalue weighted by molar-refractivity contribution is 6.03. The Labute approximate surface area is 220 Å². The number of nitrogens with zero attached hydrogens (tertiary/aromatic N) is 1. The largest absolute Gasteiger partial charge is 0.586 e. The van der Waals surface area contributed by atoms with Crippen molar-refractivity contribution in [3.8, 4) is 11.5 Å². The first-order valence-corrected chi connectivity index (χ1v) is 12.4. The van der Waals surface area contributed by atoms with Crippen molar-refractivity contribution in [3.63, 3.8) is 0 Å². The lowest BCUT2D eigenvalue weighted by Crippen LogP contribution is -2.29. The SMILES string of the molecule is CC(C)(CO)c1cc2cc(NC(=O)C3(c4ccc5c(c4)OC(F)(F)O5)CC3)c(F)cc2n1CC1COC(=O)O1. The molecule has 1 saturated carbocycles. The van der Waals surface area contributed by atoms with Gasteiger partial charge < -0.3 is 33.9 Å². The van der Waals surface area contributed by atoms with Crippen molar-refractivity contribution in [1.29, 1.82) is 0 Å². The molecule has 1 aromatic heterocycles. The van der Waals surface area contributed by atoms with Crippen LogP contribution in [-0.2, 0) is 31.6 Å². The maximum absolute atomic E-state index is 15.4. The van der Waals surface area contributed by atoms with Crippen LogP contribution >= 0.6 is 0 Å². The summed E-state index contributed by atoms with van der Waals surface area (Å²) >= 11 is 0. The number of carbonyl (C=O) groups is 2. The average Bonchev–Trinajstić information content (AvgIpc) is 3.34. The molecule has 3 heterocycles. The van der Waals surface area contributed by atoms with E-state index in [0.29, 0.717) is 35.0 Å². The van der Waals surface area contributed by atoms with Gasteiger partial charge in [0, 0.05) is 22.6 Å². The number of alkyl halides is 2. The van der Waals surface area contributed by atoms with Gasteiger partial charge in [0.05, 0.1) is 29.8 Å². The standard InChI is InChI=1S/C27H25F3N2O7/c1-25(2,13-33)22-8-14-7-18(17(28)10-19(14)32(22)11-16-12-36-24(35)37-16)31-23(34)26(5-6-26)15-3-4-20-21(9-15)39-27(29,30)38-20/h3-4,7-10,16,33H,5-6,11-13H2,1-2H3,(H,31,34). The number of aliphatic hydroxyl groups excluding tert-OH is 1. The molecule has 6 rings (SSSR count). The number of halogens is 3. The molecule has 9 nitrogen and oxygen atoms in total. The van der Waals surface area contributed by atoms with E-state index in [0.717, 1.165) is 0 Å². The molecule has 2 aliphatic heterocycles. The van der Waals surface area contributed by atoms with Crippen molar-refractivity contribution in [2.24, 2.45) is 0 Å². The van der Waals surface area contributed by atoms with Gasteiger partial charge in [-0.05, 0) is 42.7 Å². The molecule has 12 heteroatoms. The van der Waals surface area contributed by atoms with Gasteiger partial charge >= 0.3 is 12.5 Å². The van der Waals surface area contributed by atoms with Gasteiger partial charge in [0.25, 0.3) is 0 Å². The molecule has 2 aromatic carbocycles. The van der Waals surface area contributed by atoms with Gasteiger partial charge in [0.15, 0.2) is 17.6 Å². The highest BCUT2D eigenvalue weighted by atomic mass is 19.3. The second-order valence-corrected chi connectivity index (χ2v) is 10.7. The van der Waals surface area contributed by atoms with E-state index in [1.807, 2.05) is 13.8 Å². The molecule has 0 radical (unpaired) electrons. The fourth-order valence-electron chi connectivity index (χ4n) is 5.14. The van der Waals surface area contributed by atoms with Crippen LogP contribution in [0.2, 0.25) is 0 Å². The summed E-state index contributed by atoms with van der Waals surface area (Å²) in [5.74, 6) is -1.45. The Hall–Kier alpha value is -3.93. The zero-order valence-electron chi connectivity index (χ0n) is 21.1. The lowest BCUT2D eigenvalue weighted by atomic mass is 9.90. The summed E-state index contributed by atoms with van der Waals surface area (Å²) in [6, 6.07) is 8.78. The molecule has 1 atom stereocenters. The summed E-state index contributed by atoms with van der Waals surface area (Å²) in [4.78, 5) is 24.8. The number of rotatable bonds is 7. The van der Waals surface area contributed by atoms with Crippen LogP contribution in [0.25, 0.3) is 10.9 Å². The van der Waals surface area contributed by atoms with Crippen LogP contribution < -0.4 is 14.8 Å². The van der Waals surface area contributed by atoms with Gasteiger partial charge in [0.2, 0.25) is 5.91 Å². The van der Waals surface area contributed by atoms with Crippen molar-refractivity contribution in [3.05, 3.63) is 53.5 Å². The maximum Gasteiger partial charge on any atom is 0.586 e. The minimum absolute atomic E-state index is 0.0489. The third kappa shape index (κ3) is 4.32. The molecule has 2 fully saturated rings. The first-order chi connectivity index (χ1) is 18.4. The van der Waals surface area contributed by atoms with Gasteiger partial charge in [-0.25, -0.2) is 9.18 Å². The summed E-state index contributed by atoms with van der Waals surface area (Å²) in [5, 5.41) is 13.3. The van der Waals surface area contributed by atoms with Crippen LogP contribution in [0.5, 0.6) is 11.5 Å². The molecular weight excluding hydrogens is 521 g/mol. The smallest absolute Gasteiger partial charge is 0.430 e. The number of amides is 1. The molecule has 1 unspecified atom stereocenters. The van der Waals surface area contributed by atoms with Crippen molar-refractivity contribution in [2.75, 3.05) is 18.5 Å². The molecule has 3 aliphatic rings. The topological polar surface area (TPSA) is 108 Å². The van der Waals surface area contributed by atoms with Crippen molar-refractivity contribution in [2.45, 2.75) is 56.5 Å². The number of ether oxygens (including phenoxy) is 4. The summed E-state index contributed by atoms with van der Waals surface area (Å²) in [6.07, 6.45) is -4.23. The third-order valence-corrected chi connectivity index (χ3v) is 7.50. The lowest BCUT2D eigenvalue weighted by molar-refractivity contribution is -0.286. The molecule has 1 aliphatic carbocycles.